The number of nitrogens with one attached hydrogen (secondary N) is 2. The molecule has 1 aliphatic rings. The molecule has 0 spiro atoms. The summed E-state index contributed by atoms with van der Waals surface area (Å²) in [6.07, 6.45) is 3.59. The second-order valence-corrected chi connectivity index (χ2v) is 6.21. The van der Waals surface area contributed by atoms with E-state index in [-0.39, 0.29) is 17.6 Å². The molecule has 1 aromatic rings. The van der Waals surface area contributed by atoms with Crippen LogP contribution in [0.5, 0.6) is 0 Å². The Balaban J connectivity index is 0.00000180. The maximum atomic E-state index is 12.0. The van der Waals surface area contributed by atoms with Gasteiger partial charge in [0.05, 0.1) is 0 Å². The molecule has 19 heavy (non-hydrogen) atoms. The van der Waals surface area contributed by atoms with Crippen LogP contribution in [0.2, 0.25) is 0 Å². The molecule has 0 aromatic carbocycles. The molecule has 8 heteroatoms. The third-order valence-electron chi connectivity index (χ3n) is 2.97. The van der Waals surface area contributed by atoms with Crippen LogP contribution in [0.25, 0.3) is 0 Å². The zero-order valence-electron chi connectivity index (χ0n) is 10.8. The summed E-state index contributed by atoms with van der Waals surface area (Å²) in [5.41, 5.74) is 0.643. The highest BCUT2D eigenvalue weighted by Gasteiger charge is 2.20. The Kier molecular flexibility index (Phi) is 6.12. The van der Waals surface area contributed by atoms with Gasteiger partial charge in [-0.1, -0.05) is 0 Å². The minimum absolute atomic E-state index is 0. The summed E-state index contributed by atoms with van der Waals surface area (Å²) < 4.78 is 26.5. The van der Waals surface area contributed by atoms with Gasteiger partial charge in [-0.05, 0) is 44.8 Å². The summed E-state index contributed by atoms with van der Waals surface area (Å²) in [6, 6.07) is 1.67. The molecule has 0 radical (unpaired) electrons. The van der Waals surface area contributed by atoms with Crippen molar-refractivity contribution in [1.82, 2.24) is 20.0 Å². The SMILES string of the molecule is Cc1ccnc(S(=O)(=O)NCC2CCCNC2)n1.Cl. The van der Waals surface area contributed by atoms with Gasteiger partial charge in [-0.15, -0.1) is 12.4 Å². The van der Waals surface area contributed by atoms with Crippen molar-refractivity contribution < 1.29 is 8.42 Å². The Hall–Kier alpha value is -0.760. The average molecular weight is 307 g/mol. The topological polar surface area (TPSA) is 84.0 Å². The Labute approximate surface area is 119 Å². The second kappa shape index (κ2) is 7.14. The lowest BCUT2D eigenvalue weighted by atomic mass is 10.0. The molecule has 1 atom stereocenters. The summed E-state index contributed by atoms with van der Waals surface area (Å²) in [5.74, 6) is 0.346. The van der Waals surface area contributed by atoms with Crippen molar-refractivity contribution >= 4 is 22.4 Å². The van der Waals surface area contributed by atoms with Crippen LogP contribution < -0.4 is 10.0 Å². The fourth-order valence-electron chi connectivity index (χ4n) is 1.95. The Bertz CT molecular complexity index is 503. The predicted molar refractivity (Wildman–Crippen MR) is 74.8 cm³/mol. The molecule has 0 amide bonds. The van der Waals surface area contributed by atoms with E-state index in [9.17, 15) is 8.42 Å². The molecular weight excluding hydrogens is 288 g/mol. The van der Waals surface area contributed by atoms with Crippen LogP contribution in [0.15, 0.2) is 17.4 Å². The standard InChI is InChI=1S/C11H18N4O2S.ClH/c1-9-4-6-13-11(15-9)18(16,17)14-8-10-3-2-5-12-7-10;/h4,6,10,12,14H,2-3,5,7-8H2,1H3;1H. The van der Waals surface area contributed by atoms with Gasteiger partial charge in [0, 0.05) is 18.4 Å². The van der Waals surface area contributed by atoms with Crippen LogP contribution >= 0.6 is 12.4 Å². The first-order valence-corrected chi connectivity index (χ1v) is 7.56. The fourth-order valence-corrected chi connectivity index (χ4v) is 2.99. The van der Waals surface area contributed by atoms with Crippen LogP contribution in [0, 0.1) is 12.8 Å². The Morgan fingerprint density at radius 2 is 2.32 bits per heavy atom. The quantitative estimate of drug-likeness (QED) is 0.791. The van der Waals surface area contributed by atoms with Crippen molar-refractivity contribution in [3.8, 4) is 0 Å². The van der Waals surface area contributed by atoms with Crippen molar-refractivity contribution in [2.24, 2.45) is 5.92 Å². The maximum Gasteiger partial charge on any atom is 0.276 e. The van der Waals surface area contributed by atoms with Crippen LogP contribution in [0.3, 0.4) is 0 Å². The molecule has 2 rings (SSSR count). The van der Waals surface area contributed by atoms with E-state index in [0.29, 0.717) is 18.2 Å². The number of piperidine rings is 1. The first-order valence-electron chi connectivity index (χ1n) is 6.08. The molecular formula is C11H19ClN4O2S. The van der Waals surface area contributed by atoms with Crippen LogP contribution in [-0.4, -0.2) is 38.0 Å². The molecule has 1 aromatic heterocycles. The molecule has 2 heterocycles. The minimum Gasteiger partial charge on any atom is -0.316 e. The zero-order valence-corrected chi connectivity index (χ0v) is 12.4. The van der Waals surface area contributed by atoms with Gasteiger partial charge in [0.1, 0.15) is 0 Å². The smallest absolute Gasteiger partial charge is 0.276 e. The number of hydrogen-bond donors (Lipinski definition) is 2. The number of sulfonamides is 1. The van der Waals surface area contributed by atoms with Gasteiger partial charge in [0.2, 0.25) is 0 Å². The van der Waals surface area contributed by atoms with E-state index < -0.39 is 10.0 Å². The predicted octanol–water partition coefficient (Wildman–Crippen LogP) is 0.485. The molecule has 6 nitrogen and oxygen atoms in total. The number of halogens is 1. The highest BCUT2D eigenvalue weighted by molar-refractivity contribution is 7.89. The summed E-state index contributed by atoms with van der Waals surface area (Å²) in [4.78, 5) is 7.73. The summed E-state index contributed by atoms with van der Waals surface area (Å²) in [6.45, 7) is 4.06. The molecule has 2 N–H and O–H groups in total. The summed E-state index contributed by atoms with van der Waals surface area (Å²) in [5, 5.41) is 3.11. The van der Waals surface area contributed by atoms with Gasteiger partial charge in [0.25, 0.3) is 15.2 Å². The van der Waals surface area contributed by atoms with Gasteiger partial charge in [-0.3, -0.25) is 0 Å². The minimum atomic E-state index is -3.58. The lowest BCUT2D eigenvalue weighted by Crippen LogP contribution is -2.38. The van der Waals surface area contributed by atoms with Crippen LogP contribution in [0.1, 0.15) is 18.5 Å². The van der Waals surface area contributed by atoms with E-state index in [1.807, 2.05) is 0 Å². The van der Waals surface area contributed by atoms with E-state index in [4.69, 9.17) is 0 Å². The fraction of sp³-hybridized carbons (Fsp3) is 0.636. The van der Waals surface area contributed by atoms with Crippen molar-refractivity contribution in [2.75, 3.05) is 19.6 Å². The first-order chi connectivity index (χ1) is 8.58. The first kappa shape index (κ1) is 16.3. The van der Waals surface area contributed by atoms with Crippen molar-refractivity contribution in [3.63, 3.8) is 0 Å². The van der Waals surface area contributed by atoms with E-state index in [0.717, 1.165) is 25.9 Å². The molecule has 0 aliphatic carbocycles. The van der Waals surface area contributed by atoms with E-state index in [1.54, 1.807) is 13.0 Å². The van der Waals surface area contributed by atoms with Gasteiger partial charge in [-0.2, -0.15) is 0 Å². The van der Waals surface area contributed by atoms with Crippen molar-refractivity contribution in [3.05, 3.63) is 18.0 Å². The molecule has 1 saturated heterocycles. The second-order valence-electron chi connectivity index (χ2n) is 4.54. The van der Waals surface area contributed by atoms with E-state index in [1.165, 1.54) is 6.20 Å². The average Bonchev–Trinajstić information content (AvgIpc) is 2.38. The van der Waals surface area contributed by atoms with Gasteiger partial charge < -0.3 is 5.32 Å². The maximum absolute atomic E-state index is 12.0. The van der Waals surface area contributed by atoms with Crippen molar-refractivity contribution in [1.29, 1.82) is 0 Å². The Morgan fingerprint density at radius 1 is 1.53 bits per heavy atom. The van der Waals surface area contributed by atoms with E-state index >= 15 is 0 Å². The summed E-state index contributed by atoms with van der Waals surface area (Å²) in [7, 11) is -3.58. The third-order valence-corrected chi connectivity index (χ3v) is 4.20. The molecule has 1 unspecified atom stereocenters. The van der Waals surface area contributed by atoms with E-state index in [2.05, 4.69) is 20.0 Å². The van der Waals surface area contributed by atoms with Crippen molar-refractivity contribution in [2.45, 2.75) is 24.9 Å². The Morgan fingerprint density at radius 3 is 2.95 bits per heavy atom. The zero-order chi connectivity index (χ0) is 13.0. The summed E-state index contributed by atoms with van der Waals surface area (Å²) >= 11 is 0. The lowest BCUT2D eigenvalue weighted by Gasteiger charge is -2.22. The number of aryl methyl sites for hydroxylation is 1. The monoisotopic (exact) mass is 306 g/mol. The van der Waals surface area contributed by atoms with Crippen LogP contribution in [0.4, 0.5) is 0 Å². The van der Waals surface area contributed by atoms with Crippen LogP contribution in [-0.2, 0) is 10.0 Å². The van der Waals surface area contributed by atoms with Gasteiger partial charge in [0.15, 0.2) is 0 Å². The number of nitrogens with zero attached hydrogens (tertiary/aromatic N) is 2. The molecule has 1 aliphatic heterocycles. The molecule has 108 valence electrons. The highest BCUT2D eigenvalue weighted by Crippen LogP contribution is 2.10. The molecule has 0 bridgehead atoms. The number of rotatable bonds is 4. The molecule has 1 fully saturated rings. The highest BCUT2D eigenvalue weighted by atomic mass is 35.5. The van der Waals surface area contributed by atoms with Gasteiger partial charge >= 0.3 is 0 Å². The number of hydrogen-bond acceptors (Lipinski definition) is 5. The lowest BCUT2D eigenvalue weighted by molar-refractivity contribution is 0.375. The number of aromatic nitrogens is 2. The molecule has 0 saturated carbocycles. The normalized spacial score (nSPS) is 19.7. The third kappa shape index (κ3) is 4.68. The van der Waals surface area contributed by atoms with Gasteiger partial charge in [-0.25, -0.2) is 23.1 Å². The largest absolute Gasteiger partial charge is 0.316 e.